The van der Waals surface area contributed by atoms with Crippen LogP contribution in [0, 0.1) is 0 Å². The van der Waals surface area contributed by atoms with Crippen LogP contribution in [-0.4, -0.2) is 77.5 Å². The molecule has 0 atom stereocenters. The summed E-state index contributed by atoms with van der Waals surface area (Å²) in [6.45, 7) is 10.1. The topological polar surface area (TPSA) is 82.2 Å². The number of nitrogens with zero attached hydrogens (tertiary/aromatic N) is 3. The molecular formula is C29H36Cl4N4O4. The number of amides is 3. The van der Waals surface area contributed by atoms with Gasteiger partial charge >= 0.3 is 6.09 Å². The zero-order valence-corrected chi connectivity index (χ0v) is 26.5. The van der Waals surface area contributed by atoms with Crippen molar-refractivity contribution in [2.45, 2.75) is 52.3 Å². The second-order valence-corrected chi connectivity index (χ2v) is 12.5. The van der Waals surface area contributed by atoms with Crippen LogP contribution >= 0.6 is 46.4 Å². The summed E-state index contributed by atoms with van der Waals surface area (Å²) in [5.74, 6) is 0.188. The van der Waals surface area contributed by atoms with Crippen molar-refractivity contribution in [1.29, 1.82) is 0 Å². The normalized spacial score (nSPS) is 16.5. The molecule has 12 heteroatoms. The molecule has 2 saturated heterocycles. The molecule has 224 valence electrons. The molecular weight excluding hydrogens is 610 g/mol. The Balaban J connectivity index is 0.000000239. The highest BCUT2D eigenvalue weighted by molar-refractivity contribution is 6.42. The van der Waals surface area contributed by atoms with E-state index in [9.17, 15) is 14.4 Å². The lowest BCUT2D eigenvalue weighted by molar-refractivity contribution is -0.131. The summed E-state index contributed by atoms with van der Waals surface area (Å²) in [6, 6.07) is 10.8. The monoisotopic (exact) mass is 644 g/mol. The Hall–Kier alpha value is -2.23. The van der Waals surface area contributed by atoms with E-state index >= 15 is 0 Å². The van der Waals surface area contributed by atoms with Gasteiger partial charge in [0.2, 0.25) is 11.8 Å². The number of hydrogen-bond acceptors (Lipinski definition) is 5. The standard InChI is InChI=1S/C17H22Cl2N2O3.C12H14Cl2N2O/c1-17(2,3)24-16(23)20-7-6-15(22)21(9-8-20)11-12-4-5-13(18)14(19)10-12;13-10-2-1-9(7-11(10)14)8-16-6-5-15-4-3-12(16)17/h4-5,10H,6-9,11H2,1-3H3;1-2,7,15H,3-6,8H2. The highest BCUT2D eigenvalue weighted by atomic mass is 35.5. The summed E-state index contributed by atoms with van der Waals surface area (Å²) in [5.41, 5.74) is 1.37. The molecule has 2 aromatic rings. The van der Waals surface area contributed by atoms with Gasteiger partial charge in [-0.3, -0.25) is 9.59 Å². The summed E-state index contributed by atoms with van der Waals surface area (Å²) < 4.78 is 5.38. The Morgan fingerprint density at radius 2 is 1.29 bits per heavy atom. The molecule has 41 heavy (non-hydrogen) atoms. The van der Waals surface area contributed by atoms with Gasteiger partial charge in [0.25, 0.3) is 0 Å². The Morgan fingerprint density at radius 1 is 0.756 bits per heavy atom. The first-order chi connectivity index (χ1) is 19.3. The third-order valence-corrected chi connectivity index (χ3v) is 7.86. The van der Waals surface area contributed by atoms with Gasteiger partial charge in [0.15, 0.2) is 0 Å². The molecule has 2 fully saturated rings. The van der Waals surface area contributed by atoms with Crippen LogP contribution in [0.15, 0.2) is 36.4 Å². The smallest absolute Gasteiger partial charge is 0.410 e. The predicted molar refractivity (Wildman–Crippen MR) is 164 cm³/mol. The van der Waals surface area contributed by atoms with Gasteiger partial charge in [-0.05, 0) is 56.2 Å². The highest BCUT2D eigenvalue weighted by Crippen LogP contribution is 2.25. The summed E-state index contributed by atoms with van der Waals surface area (Å²) >= 11 is 23.7. The van der Waals surface area contributed by atoms with Crippen LogP contribution in [0.1, 0.15) is 44.7 Å². The van der Waals surface area contributed by atoms with Gasteiger partial charge in [-0.25, -0.2) is 4.79 Å². The van der Waals surface area contributed by atoms with Gasteiger partial charge in [-0.2, -0.15) is 0 Å². The summed E-state index contributed by atoms with van der Waals surface area (Å²) in [7, 11) is 0. The molecule has 8 nitrogen and oxygen atoms in total. The third kappa shape index (κ3) is 10.8. The third-order valence-electron chi connectivity index (χ3n) is 6.38. The van der Waals surface area contributed by atoms with Crippen LogP contribution in [0.25, 0.3) is 0 Å². The van der Waals surface area contributed by atoms with Crippen molar-refractivity contribution in [3.8, 4) is 0 Å². The lowest BCUT2D eigenvalue weighted by Gasteiger charge is -2.26. The second kappa shape index (κ2) is 15.3. The quantitative estimate of drug-likeness (QED) is 0.423. The SMILES string of the molecule is CC(C)(C)OC(=O)N1CCC(=O)N(Cc2ccc(Cl)c(Cl)c2)CC1.O=C1CCNCCN1Cc1ccc(Cl)c(Cl)c1. The predicted octanol–water partition coefficient (Wildman–Crippen LogP) is 6.28. The van der Waals surface area contributed by atoms with E-state index in [1.54, 1.807) is 28.0 Å². The number of rotatable bonds is 4. The van der Waals surface area contributed by atoms with Gasteiger partial charge in [0, 0.05) is 65.2 Å². The van der Waals surface area contributed by atoms with Gasteiger partial charge in [-0.1, -0.05) is 58.5 Å². The first kappa shape index (κ1) is 33.3. The van der Waals surface area contributed by atoms with Gasteiger partial charge < -0.3 is 24.8 Å². The fourth-order valence-electron chi connectivity index (χ4n) is 4.24. The van der Waals surface area contributed by atoms with Crippen LogP contribution < -0.4 is 5.32 Å². The Morgan fingerprint density at radius 3 is 1.83 bits per heavy atom. The lowest BCUT2D eigenvalue weighted by atomic mass is 10.2. The summed E-state index contributed by atoms with van der Waals surface area (Å²) in [4.78, 5) is 41.4. The van der Waals surface area contributed by atoms with Crippen LogP contribution in [0.5, 0.6) is 0 Å². The Kier molecular flexibility index (Phi) is 12.4. The molecule has 2 aromatic carbocycles. The minimum atomic E-state index is -0.548. The average molecular weight is 646 g/mol. The van der Waals surface area contributed by atoms with Gasteiger partial charge in [0.1, 0.15) is 5.60 Å². The molecule has 1 N–H and O–H groups in total. The maximum absolute atomic E-state index is 12.3. The molecule has 0 spiro atoms. The first-order valence-electron chi connectivity index (χ1n) is 13.4. The van der Waals surface area contributed by atoms with E-state index in [-0.39, 0.29) is 24.3 Å². The van der Waals surface area contributed by atoms with Crippen molar-refractivity contribution >= 4 is 64.3 Å². The Labute approximate surface area is 261 Å². The molecule has 0 aromatic heterocycles. The van der Waals surface area contributed by atoms with Crippen molar-refractivity contribution in [3.63, 3.8) is 0 Å². The summed E-state index contributed by atoms with van der Waals surface area (Å²) in [5, 5.41) is 5.23. The summed E-state index contributed by atoms with van der Waals surface area (Å²) in [6.07, 6.45) is 0.453. The molecule has 0 unspecified atom stereocenters. The van der Waals surface area contributed by atoms with Crippen LogP contribution in [0.4, 0.5) is 4.79 Å². The van der Waals surface area contributed by atoms with E-state index in [4.69, 9.17) is 51.1 Å². The van der Waals surface area contributed by atoms with E-state index in [1.165, 1.54) is 0 Å². The molecule has 0 aliphatic carbocycles. The molecule has 4 rings (SSSR count). The molecule has 2 aliphatic heterocycles. The lowest BCUT2D eigenvalue weighted by Crippen LogP contribution is -2.39. The van der Waals surface area contributed by atoms with E-state index in [2.05, 4.69) is 5.32 Å². The second-order valence-electron chi connectivity index (χ2n) is 10.8. The minimum Gasteiger partial charge on any atom is -0.444 e. The molecule has 0 saturated carbocycles. The maximum atomic E-state index is 12.3. The minimum absolute atomic E-state index is 0.00660. The van der Waals surface area contributed by atoms with E-state index < -0.39 is 5.60 Å². The number of benzene rings is 2. The molecule has 2 aliphatic rings. The number of carbonyl (C=O) groups excluding carboxylic acids is 3. The van der Waals surface area contributed by atoms with Crippen LogP contribution in [-0.2, 0) is 27.4 Å². The van der Waals surface area contributed by atoms with Crippen molar-refractivity contribution in [3.05, 3.63) is 67.6 Å². The fraction of sp³-hybridized carbons (Fsp3) is 0.483. The number of hydrogen-bond donors (Lipinski definition) is 1. The molecule has 0 bridgehead atoms. The average Bonchev–Trinajstić information content (AvgIpc) is 3.21. The largest absolute Gasteiger partial charge is 0.444 e. The Bertz CT molecular complexity index is 1240. The number of halogens is 4. The zero-order chi connectivity index (χ0) is 30.2. The van der Waals surface area contributed by atoms with E-state index in [0.29, 0.717) is 59.2 Å². The highest BCUT2D eigenvalue weighted by Gasteiger charge is 2.27. The molecule has 3 amide bonds. The van der Waals surface area contributed by atoms with Crippen molar-refractivity contribution in [2.24, 2.45) is 0 Å². The molecule has 0 radical (unpaired) electrons. The molecule has 2 heterocycles. The van der Waals surface area contributed by atoms with Gasteiger partial charge in [0.05, 0.1) is 20.1 Å². The van der Waals surface area contributed by atoms with Crippen molar-refractivity contribution < 1.29 is 19.1 Å². The fourth-order valence-corrected chi connectivity index (χ4v) is 4.89. The van der Waals surface area contributed by atoms with Crippen LogP contribution in [0.3, 0.4) is 0 Å². The van der Waals surface area contributed by atoms with E-state index in [0.717, 1.165) is 30.8 Å². The van der Waals surface area contributed by atoms with Crippen molar-refractivity contribution in [1.82, 2.24) is 20.0 Å². The zero-order valence-electron chi connectivity index (χ0n) is 23.5. The van der Waals surface area contributed by atoms with Gasteiger partial charge in [-0.15, -0.1) is 0 Å². The number of ether oxygens (including phenoxy) is 1. The van der Waals surface area contributed by atoms with Crippen molar-refractivity contribution in [2.75, 3.05) is 39.3 Å². The maximum Gasteiger partial charge on any atom is 0.410 e. The number of carbonyl (C=O) groups is 3. The first-order valence-corrected chi connectivity index (χ1v) is 15.0. The van der Waals surface area contributed by atoms with Crippen LogP contribution in [0.2, 0.25) is 20.1 Å². The van der Waals surface area contributed by atoms with E-state index in [1.807, 2.05) is 43.9 Å². The number of nitrogens with one attached hydrogen (secondary N) is 1.